The van der Waals surface area contributed by atoms with Crippen LogP contribution in [0.4, 0.5) is 23.2 Å². The molecular formula is C13H11F4NO4. The van der Waals surface area contributed by atoms with Crippen LogP contribution in [0.1, 0.15) is 19.4 Å². The standard InChI is InChI=1S/C13H11F4NO4/c1-3-22-13(21)7(20)4-6-8(14)9(15)10(16)11(17)12(6)18-5(2)19/h3-4H2,1-2H3,(H,18,19). The van der Waals surface area contributed by atoms with Gasteiger partial charge in [0.05, 0.1) is 12.3 Å². The first-order valence-corrected chi connectivity index (χ1v) is 6.03. The molecule has 0 atom stereocenters. The maximum Gasteiger partial charge on any atom is 0.374 e. The molecule has 0 aromatic heterocycles. The summed E-state index contributed by atoms with van der Waals surface area (Å²) in [5, 5.41) is 1.76. The predicted molar refractivity (Wildman–Crippen MR) is 65.9 cm³/mol. The van der Waals surface area contributed by atoms with E-state index >= 15 is 0 Å². The zero-order valence-electron chi connectivity index (χ0n) is 11.6. The fourth-order valence-electron chi connectivity index (χ4n) is 1.59. The number of hydrogen-bond donors (Lipinski definition) is 1. The van der Waals surface area contributed by atoms with Gasteiger partial charge in [0.25, 0.3) is 0 Å². The molecule has 0 saturated carbocycles. The molecule has 1 aromatic rings. The average molecular weight is 321 g/mol. The summed E-state index contributed by atoms with van der Waals surface area (Å²) in [6.45, 7) is 2.18. The van der Waals surface area contributed by atoms with E-state index in [0.29, 0.717) is 0 Å². The fraction of sp³-hybridized carbons (Fsp3) is 0.308. The van der Waals surface area contributed by atoms with Gasteiger partial charge in [0.2, 0.25) is 11.7 Å². The van der Waals surface area contributed by atoms with Gasteiger partial charge in [0, 0.05) is 18.9 Å². The molecule has 0 saturated heterocycles. The van der Waals surface area contributed by atoms with E-state index in [2.05, 4.69) is 4.74 Å². The number of carbonyl (C=O) groups excluding carboxylic acids is 3. The number of benzene rings is 1. The summed E-state index contributed by atoms with van der Waals surface area (Å²) in [6.07, 6.45) is -1.10. The molecule has 0 heterocycles. The van der Waals surface area contributed by atoms with Crippen molar-refractivity contribution in [2.24, 2.45) is 0 Å². The monoisotopic (exact) mass is 321 g/mol. The Balaban J connectivity index is 3.35. The molecule has 0 radical (unpaired) electrons. The maximum absolute atomic E-state index is 13.7. The molecule has 0 fully saturated rings. The Morgan fingerprint density at radius 3 is 2.05 bits per heavy atom. The molecule has 0 aliphatic heterocycles. The molecule has 1 aromatic carbocycles. The molecule has 0 spiro atoms. The van der Waals surface area contributed by atoms with E-state index in [1.807, 2.05) is 0 Å². The third-order valence-corrected chi connectivity index (χ3v) is 2.51. The van der Waals surface area contributed by atoms with Gasteiger partial charge < -0.3 is 10.1 Å². The maximum atomic E-state index is 13.7. The molecule has 0 aliphatic rings. The number of nitrogens with one attached hydrogen (secondary N) is 1. The number of hydrogen-bond acceptors (Lipinski definition) is 4. The molecule has 1 N–H and O–H groups in total. The van der Waals surface area contributed by atoms with E-state index in [1.54, 1.807) is 5.32 Å². The Morgan fingerprint density at radius 1 is 1.00 bits per heavy atom. The molecule has 9 heteroatoms. The van der Waals surface area contributed by atoms with Crippen LogP contribution in [0.3, 0.4) is 0 Å². The number of amides is 1. The topological polar surface area (TPSA) is 72.5 Å². The van der Waals surface area contributed by atoms with Gasteiger partial charge in [0.15, 0.2) is 23.3 Å². The number of ether oxygens (including phenoxy) is 1. The van der Waals surface area contributed by atoms with Crippen LogP contribution in [0, 0.1) is 23.3 Å². The van der Waals surface area contributed by atoms with Crippen LogP contribution in [0.5, 0.6) is 0 Å². The van der Waals surface area contributed by atoms with Crippen molar-refractivity contribution in [2.45, 2.75) is 20.3 Å². The molecule has 1 rings (SSSR count). The quantitative estimate of drug-likeness (QED) is 0.295. The molecule has 0 unspecified atom stereocenters. The predicted octanol–water partition coefficient (Wildman–Crippen LogP) is 1.88. The molecule has 0 bridgehead atoms. The Labute approximate surface area is 122 Å². The van der Waals surface area contributed by atoms with Crippen molar-refractivity contribution >= 4 is 23.3 Å². The van der Waals surface area contributed by atoms with Crippen LogP contribution < -0.4 is 5.32 Å². The molecule has 5 nitrogen and oxygen atoms in total. The van der Waals surface area contributed by atoms with Gasteiger partial charge in [-0.3, -0.25) is 9.59 Å². The highest BCUT2D eigenvalue weighted by Crippen LogP contribution is 2.29. The van der Waals surface area contributed by atoms with Crippen molar-refractivity contribution in [1.82, 2.24) is 0 Å². The lowest BCUT2D eigenvalue weighted by molar-refractivity contribution is -0.153. The lowest BCUT2D eigenvalue weighted by Crippen LogP contribution is -2.22. The SMILES string of the molecule is CCOC(=O)C(=O)Cc1c(F)c(F)c(F)c(F)c1NC(C)=O. The molecule has 0 aliphatic carbocycles. The Hall–Kier alpha value is -2.45. The lowest BCUT2D eigenvalue weighted by atomic mass is 10.0. The summed E-state index contributed by atoms with van der Waals surface area (Å²) in [5.74, 6) is -11.6. The van der Waals surface area contributed by atoms with E-state index in [4.69, 9.17) is 0 Å². The fourth-order valence-corrected chi connectivity index (χ4v) is 1.59. The van der Waals surface area contributed by atoms with Crippen molar-refractivity contribution in [3.63, 3.8) is 0 Å². The minimum Gasteiger partial charge on any atom is -0.460 e. The summed E-state index contributed by atoms with van der Waals surface area (Å²) in [5.41, 5.74) is -2.02. The zero-order valence-corrected chi connectivity index (χ0v) is 11.6. The van der Waals surface area contributed by atoms with Crippen molar-refractivity contribution in [2.75, 3.05) is 11.9 Å². The van der Waals surface area contributed by atoms with Crippen LogP contribution in [-0.2, 0) is 25.5 Å². The highest BCUT2D eigenvalue weighted by molar-refractivity contribution is 6.34. The second kappa shape index (κ2) is 7.01. The van der Waals surface area contributed by atoms with Gasteiger partial charge >= 0.3 is 5.97 Å². The normalized spacial score (nSPS) is 10.3. The highest BCUT2D eigenvalue weighted by atomic mass is 19.2. The number of ketones is 1. The van der Waals surface area contributed by atoms with E-state index in [1.165, 1.54) is 6.92 Å². The number of carbonyl (C=O) groups is 3. The number of Topliss-reactive ketones (excluding diaryl/α,β-unsaturated/α-hetero) is 1. The average Bonchev–Trinajstić information content (AvgIpc) is 2.46. The summed E-state index contributed by atoms with van der Waals surface area (Å²) in [6, 6.07) is 0. The molecule has 120 valence electrons. The smallest absolute Gasteiger partial charge is 0.374 e. The lowest BCUT2D eigenvalue weighted by Gasteiger charge is -2.13. The Kier molecular flexibility index (Phi) is 5.61. The number of anilines is 1. The highest BCUT2D eigenvalue weighted by Gasteiger charge is 2.29. The Bertz CT molecular complexity index is 646. The molecule has 1 amide bonds. The first-order valence-electron chi connectivity index (χ1n) is 6.03. The summed E-state index contributed by atoms with van der Waals surface area (Å²) >= 11 is 0. The molecule has 22 heavy (non-hydrogen) atoms. The second-order valence-electron chi connectivity index (χ2n) is 4.11. The van der Waals surface area contributed by atoms with Crippen molar-refractivity contribution in [1.29, 1.82) is 0 Å². The van der Waals surface area contributed by atoms with E-state index in [-0.39, 0.29) is 6.61 Å². The van der Waals surface area contributed by atoms with Crippen molar-refractivity contribution < 1.29 is 36.7 Å². The van der Waals surface area contributed by atoms with Gasteiger partial charge in [-0.05, 0) is 6.92 Å². The third kappa shape index (κ3) is 3.60. The second-order valence-corrected chi connectivity index (χ2v) is 4.11. The number of halogens is 4. The van der Waals surface area contributed by atoms with Crippen molar-refractivity contribution in [3.8, 4) is 0 Å². The first kappa shape index (κ1) is 17.6. The summed E-state index contributed by atoms with van der Waals surface area (Å²) in [7, 11) is 0. The van der Waals surface area contributed by atoms with Gasteiger partial charge in [-0.1, -0.05) is 0 Å². The van der Waals surface area contributed by atoms with Gasteiger partial charge in [-0.15, -0.1) is 0 Å². The Morgan fingerprint density at radius 2 is 1.55 bits per heavy atom. The zero-order chi connectivity index (χ0) is 17.0. The third-order valence-electron chi connectivity index (χ3n) is 2.51. The largest absolute Gasteiger partial charge is 0.460 e. The van der Waals surface area contributed by atoms with Gasteiger partial charge in [-0.25, -0.2) is 22.4 Å². The van der Waals surface area contributed by atoms with Gasteiger partial charge in [0.1, 0.15) is 0 Å². The van der Waals surface area contributed by atoms with Crippen LogP contribution >= 0.6 is 0 Å². The van der Waals surface area contributed by atoms with E-state index in [9.17, 15) is 31.9 Å². The summed E-state index contributed by atoms with van der Waals surface area (Å²) in [4.78, 5) is 33.6. The molecular weight excluding hydrogens is 310 g/mol. The van der Waals surface area contributed by atoms with Crippen LogP contribution in [0.2, 0.25) is 0 Å². The van der Waals surface area contributed by atoms with Crippen molar-refractivity contribution in [3.05, 3.63) is 28.8 Å². The number of esters is 1. The minimum atomic E-state index is -2.15. The van der Waals surface area contributed by atoms with E-state index in [0.717, 1.165) is 6.92 Å². The number of rotatable bonds is 5. The minimum absolute atomic E-state index is 0.141. The first-order chi connectivity index (χ1) is 10.2. The van der Waals surface area contributed by atoms with Crippen LogP contribution in [0.25, 0.3) is 0 Å². The summed E-state index contributed by atoms with van der Waals surface area (Å²) < 4.78 is 58.1. The van der Waals surface area contributed by atoms with Crippen LogP contribution in [-0.4, -0.2) is 24.3 Å². The van der Waals surface area contributed by atoms with Gasteiger partial charge in [-0.2, -0.15) is 0 Å². The van der Waals surface area contributed by atoms with Crippen LogP contribution in [0.15, 0.2) is 0 Å². The van der Waals surface area contributed by atoms with E-state index < -0.39 is 58.6 Å².